The third-order valence-electron chi connectivity index (χ3n) is 12.0. The number of unbranched alkanes of at least 4 members (excludes halogenated alkanes) is 9. The molecule has 0 saturated carbocycles. The second-order valence-electron chi connectivity index (χ2n) is 18.1. The average molecular weight is 1030 g/mol. The second kappa shape index (κ2) is 38.2. The first-order valence-corrected chi connectivity index (χ1v) is 25.9. The van der Waals surface area contributed by atoms with Gasteiger partial charge >= 0.3 is 17.9 Å². The molecule has 0 radical (unpaired) electrons. The highest BCUT2D eigenvalue weighted by Gasteiger charge is 2.40. The number of aromatic hydroxyl groups is 3. The number of rotatable bonds is 29. The van der Waals surface area contributed by atoms with E-state index in [1.165, 1.54) is 77.4 Å². The summed E-state index contributed by atoms with van der Waals surface area (Å²) in [5.41, 5.74) is -2.74. The Bertz CT molecular complexity index is 1680. The monoisotopic (exact) mass is 1030 g/mol. The van der Waals surface area contributed by atoms with Crippen LogP contribution >= 0.6 is 0 Å². The van der Waals surface area contributed by atoms with E-state index >= 15 is 0 Å². The molecule has 0 aliphatic carbocycles. The third-order valence-corrected chi connectivity index (χ3v) is 12.0. The van der Waals surface area contributed by atoms with E-state index in [1.54, 1.807) is 72.8 Å². The molecule has 3 heterocycles. The van der Waals surface area contributed by atoms with Gasteiger partial charge in [0.25, 0.3) is 0 Å². The van der Waals surface area contributed by atoms with Crippen molar-refractivity contribution in [2.24, 2.45) is 0 Å². The molecular formula is C54H83N3O16. The lowest BCUT2D eigenvalue weighted by atomic mass is 9.96. The van der Waals surface area contributed by atoms with Crippen molar-refractivity contribution in [3.05, 3.63) is 72.8 Å². The Hall–Kier alpha value is -5.41. The summed E-state index contributed by atoms with van der Waals surface area (Å²) < 4.78 is 32.9. The van der Waals surface area contributed by atoms with Crippen LogP contribution in [0.2, 0.25) is 0 Å². The van der Waals surface area contributed by atoms with Crippen molar-refractivity contribution >= 4 is 17.9 Å². The molecule has 3 aromatic rings. The number of phenolic OH excluding ortho intramolecular Hbond substituents is 3. The first kappa shape index (κ1) is 61.9. The summed E-state index contributed by atoms with van der Waals surface area (Å²) in [6.45, 7) is 17.7. The lowest BCUT2D eigenvalue weighted by Crippen LogP contribution is -2.42. The lowest BCUT2D eigenvalue weighted by Gasteiger charge is -2.26. The summed E-state index contributed by atoms with van der Waals surface area (Å²) in [4.78, 5) is 37.9. The molecule has 0 bridgehead atoms. The maximum absolute atomic E-state index is 10.3. The van der Waals surface area contributed by atoms with Crippen LogP contribution in [0.4, 0.5) is 0 Å². The number of benzene rings is 3. The van der Waals surface area contributed by atoms with Gasteiger partial charge in [0, 0.05) is 39.3 Å². The Morgan fingerprint density at radius 3 is 0.890 bits per heavy atom. The Morgan fingerprint density at radius 2 is 0.658 bits per heavy atom. The fourth-order valence-electron chi connectivity index (χ4n) is 7.76. The molecule has 0 unspecified atom stereocenters. The fourth-order valence-corrected chi connectivity index (χ4v) is 7.76. The van der Waals surface area contributed by atoms with Gasteiger partial charge in [-0.05, 0) is 131 Å². The van der Waals surface area contributed by atoms with Crippen molar-refractivity contribution in [2.75, 3.05) is 118 Å². The molecule has 3 aliphatic rings. The molecule has 3 fully saturated rings. The molecule has 19 nitrogen and oxygen atoms in total. The van der Waals surface area contributed by atoms with E-state index in [0.29, 0.717) is 0 Å². The normalized spacial score (nSPS) is 15.2. The molecule has 73 heavy (non-hydrogen) atoms. The largest absolute Gasteiger partial charge is 0.508 e. The van der Waals surface area contributed by atoms with Crippen LogP contribution in [-0.2, 0) is 28.6 Å². The topological polar surface area (TPSA) is 258 Å². The van der Waals surface area contributed by atoms with E-state index < -0.39 is 36.4 Å². The number of morpholine rings is 3. The number of hydrogen-bond acceptors (Lipinski definition) is 16. The standard InChI is InChI=1S/3C16H25NO3.C6H8O7/c3*18-15-5-7-16(8-6-15)20-12-4-2-1-3-9-17-10-13-19-14-11-17;7-3(8)1-6(13,5(11)12)2-4(9)10/h3*5-8,18H,1-4,9-14H2;13H,1-2H2,(H,7,8)(H,9,10)(H,11,12). The maximum Gasteiger partial charge on any atom is 0.336 e. The summed E-state index contributed by atoms with van der Waals surface area (Å²) in [5, 5.41) is 61.3. The van der Waals surface area contributed by atoms with Crippen molar-refractivity contribution in [1.29, 1.82) is 0 Å². The molecule has 19 heteroatoms. The molecule has 7 N–H and O–H groups in total. The van der Waals surface area contributed by atoms with Crippen LogP contribution in [0.3, 0.4) is 0 Å². The number of carboxylic acids is 3. The van der Waals surface area contributed by atoms with Crippen molar-refractivity contribution < 1.29 is 78.6 Å². The second-order valence-corrected chi connectivity index (χ2v) is 18.1. The highest BCUT2D eigenvalue weighted by molar-refractivity contribution is 5.88. The first-order valence-electron chi connectivity index (χ1n) is 25.9. The summed E-state index contributed by atoms with van der Waals surface area (Å²) >= 11 is 0. The number of aliphatic hydroxyl groups is 1. The van der Waals surface area contributed by atoms with Gasteiger partial charge in [0.15, 0.2) is 5.60 Å². The number of nitrogens with zero attached hydrogens (tertiary/aromatic N) is 3. The smallest absolute Gasteiger partial charge is 0.336 e. The molecule has 0 spiro atoms. The van der Waals surface area contributed by atoms with E-state index in [0.717, 1.165) is 135 Å². The van der Waals surface area contributed by atoms with Crippen LogP contribution in [0.25, 0.3) is 0 Å². The minimum atomic E-state index is -2.74. The molecule has 3 aromatic carbocycles. The number of ether oxygens (including phenoxy) is 6. The van der Waals surface area contributed by atoms with E-state index in [9.17, 15) is 14.4 Å². The quantitative estimate of drug-likeness (QED) is 0.0355. The summed E-state index contributed by atoms with van der Waals surface area (Å²) in [6.07, 6.45) is 12.2. The van der Waals surface area contributed by atoms with Gasteiger partial charge in [-0.15, -0.1) is 0 Å². The SMILES string of the molecule is O=C(O)CC(O)(CC(=O)O)C(=O)O.Oc1ccc(OCCCCCCN2CCOCC2)cc1.Oc1ccc(OCCCCCCN2CCOCC2)cc1.Oc1ccc(OCCCCCCN2CCOCC2)cc1. The summed E-state index contributed by atoms with van der Waals surface area (Å²) in [7, 11) is 0. The van der Waals surface area contributed by atoms with Crippen LogP contribution in [0.5, 0.6) is 34.5 Å². The molecule has 3 aliphatic heterocycles. The molecule has 0 amide bonds. The van der Waals surface area contributed by atoms with Crippen LogP contribution in [0.1, 0.15) is 89.9 Å². The van der Waals surface area contributed by atoms with Crippen molar-refractivity contribution in [3.63, 3.8) is 0 Å². The zero-order valence-electron chi connectivity index (χ0n) is 42.7. The van der Waals surface area contributed by atoms with Gasteiger partial charge in [-0.2, -0.15) is 0 Å². The Morgan fingerprint density at radius 1 is 0.411 bits per heavy atom. The van der Waals surface area contributed by atoms with Gasteiger partial charge in [-0.1, -0.05) is 38.5 Å². The van der Waals surface area contributed by atoms with Gasteiger partial charge in [0.05, 0.1) is 72.3 Å². The number of phenols is 3. The molecule has 0 aromatic heterocycles. The third kappa shape index (κ3) is 31.0. The zero-order valence-corrected chi connectivity index (χ0v) is 42.7. The van der Waals surface area contributed by atoms with Crippen LogP contribution in [0.15, 0.2) is 72.8 Å². The molecular weight excluding hydrogens is 947 g/mol. The summed E-state index contributed by atoms with van der Waals surface area (Å²) in [5.74, 6) is -1.70. The molecule has 3 saturated heterocycles. The predicted octanol–water partition coefficient (Wildman–Crippen LogP) is 6.74. The highest BCUT2D eigenvalue weighted by Crippen LogP contribution is 2.20. The van der Waals surface area contributed by atoms with Gasteiger partial charge in [-0.25, -0.2) is 4.79 Å². The number of carbonyl (C=O) groups is 3. The lowest BCUT2D eigenvalue weighted by molar-refractivity contribution is -0.170. The van der Waals surface area contributed by atoms with Gasteiger partial charge in [0.2, 0.25) is 0 Å². The zero-order chi connectivity index (χ0) is 52.8. The van der Waals surface area contributed by atoms with E-state index in [1.807, 2.05) is 0 Å². The van der Waals surface area contributed by atoms with Crippen LogP contribution in [-0.4, -0.2) is 192 Å². The fraction of sp³-hybridized carbons (Fsp3) is 0.611. The Labute approximate surface area is 431 Å². The van der Waals surface area contributed by atoms with E-state index in [2.05, 4.69) is 14.7 Å². The number of hydrogen-bond donors (Lipinski definition) is 7. The highest BCUT2D eigenvalue weighted by atomic mass is 16.5. The number of aliphatic carboxylic acids is 3. The molecule has 410 valence electrons. The van der Waals surface area contributed by atoms with Crippen molar-refractivity contribution in [2.45, 2.75) is 95.5 Å². The van der Waals surface area contributed by atoms with E-state index in [4.69, 9.17) is 64.2 Å². The van der Waals surface area contributed by atoms with Gasteiger partial charge in [0.1, 0.15) is 34.5 Å². The molecule has 0 atom stereocenters. The predicted molar refractivity (Wildman–Crippen MR) is 275 cm³/mol. The van der Waals surface area contributed by atoms with Crippen molar-refractivity contribution in [3.8, 4) is 34.5 Å². The maximum atomic E-state index is 10.3. The van der Waals surface area contributed by atoms with Crippen LogP contribution in [0, 0.1) is 0 Å². The number of carboxylic acid groups (broad SMARTS) is 3. The Balaban J connectivity index is 0.000000260. The minimum Gasteiger partial charge on any atom is -0.508 e. The Kier molecular flexibility index (Phi) is 32.4. The van der Waals surface area contributed by atoms with Crippen LogP contribution < -0.4 is 14.2 Å². The first-order chi connectivity index (χ1) is 35.3. The molecule has 6 rings (SSSR count). The van der Waals surface area contributed by atoms with E-state index in [-0.39, 0.29) is 17.2 Å². The minimum absolute atomic E-state index is 0.278. The summed E-state index contributed by atoms with van der Waals surface area (Å²) in [6, 6.07) is 20.7. The van der Waals surface area contributed by atoms with Gasteiger partial charge < -0.3 is 64.2 Å². The average Bonchev–Trinajstić information content (AvgIpc) is 3.38. The van der Waals surface area contributed by atoms with Crippen molar-refractivity contribution in [1.82, 2.24) is 14.7 Å². The van der Waals surface area contributed by atoms with Gasteiger partial charge in [-0.3, -0.25) is 24.3 Å².